The first-order chi connectivity index (χ1) is 5.27. The highest BCUT2D eigenvalue weighted by Crippen LogP contribution is 2.34. The largest absolute Gasteiger partial charge is 0.353 e. The molecule has 62 valence electrons. The standard InChI is InChI=1S/C9H15NO/c1-6-7-3-2-4-8(5-7)9(11)10-6/h6-8H,2-5H2,1H3,(H,10,11). The number of nitrogens with one attached hydrogen (secondary N) is 1. The number of carbonyl (C=O) groups is 1. The summed E-state index contributed by atoms with van der Waals surface area (Å²) < 4.78 is 0. The molecule has 3 unspecified atom stereocenters. The Morgan fingerprint density at radius 3 is 3.09 bits per heavy atom. The van der Waals surface area contributed by atoms with Gasteiger partial charge in [-0.1, -0.05) is 6.42 Å². The van der Waals surface area contributed by atoms with Gasteiger partial charge in [0.25, 0.3) is 0 Å². The minimum atomic E-state index is 0.299. The molecule has 1 saturated heterocycles. The zero-order valence-electron chi connectivity index (χ0n) is 6.97. The maximum Gasteiger partial charge on any atom is 0.223 e. The second kappa shape index (κ2) is 2.50. The van der Waals surface area contributed by atoms with Crippen LogP contribution in [0.15, 0.2) is 0 Å². The lowest BCUT2D eigenvalue weighted by Crippen LogP contribution is -2.49. The first-order valence-corrected chi connectivity index (χ1v) is 4.58. The van der Waals surface area contributed by atoms with Gasteiger partial charge in [-0.25, -0.2) is 0 Å². The van der Waals surface area contributed by atoms with E-state index in [4.69, 9.17) is 0 Å². The summed E-state index contributed by atoms with van der Waals surface area (Å²) in [5.74, 6) is 1.42. The Bertz CT molecular complexity index is 178. The van der Waals surface area contributed by atoms with Crippen LogP contribution >= 0.6 is 0 Å². The summed E-state index contributed by atoms with van der Waals surface area (Å²) in [6.07, 6.45) is 4.84. The van der Waals surface area contributed by atoms with Gasteiger partial charge >= 0.3 is 0 Å². The minimum absolute atomic E-state index is 0.299. The van der Waals surface area contributed by atoms with E-state index in [1.807, 2.05) is 0 Å². The van der Waals surface area contributed by atoms with E-state index in [1.54, 1.807) is 0 Å². The molecule has 0 spiro atoms. The van der Waals surface area contributed by atoms with Crippen LogP contribution in [-0.2, 0) is 4.79 Å². The number of piperidine rings is 1. The smallest absolute Gasteiger partial charge is 0.223 e. The summed E-state index contributed by atoms with van der Waals surface area (Å²) >= 11 is 0. The third kappa shape index (κ3) is 1.15. The van der Waals surface area contributed by atoms with Gasteiger partial charge in [0.15, 0.2) is 0 Å². The Balaban J connectivity index is 2.11. The maximum absolute atomic E-state index is 11.3. The van der Waals surface area contributed by atoms with E-state index in [0.717, 1.165) is 18.8 Å². The average molecular weight is 153 g/mol. The monoisotopic (exact) mass is 153 g/mol. The highest BCUT2D eigenvalue weighted by molar-refractivity contribution is 5.79. The number of fused-ring (bicyclic) bond motifs is 2. The molecule has 1 N–H and O–H groups in total. The zero-order chi connectivity index (χ0) is 7.84. The van der Waals surface area contributed by atoms with E-state index in [2.05, 4.69) is 12.2 Å². The van der Waals surface area contributed by atoms with Crippen LogP contribution in [0.4, 0.5) is 0 Å². The van der Waals surface area contributed by atoms with Crippen LogP contribution < -0.4 is 5.32 Å². The first kappa shape index (κ1) is 7.14. The van der Waals surface area contributed by atoms with Gasteiger partial charge in [-0.05, 0) is 32.1 Å². The van der Waals surface area contributed by atoms with E-state index in [-0.39, 0.29) is 0 Å². The molecule has 1 amide bonds. The van der Waals surface area contributed by atoms with Crippen molar-refractivity contribution in [2.24, 2.45) is 11.8 Å². The number of carbonyl (C=O) groups excluding carboxylic acids is 1. The van der Waals surface area contributed by atoms with Crippen LogP contribution in [0.25, 0.3) is 0 Å². The Kier molecular flexibility index (Phi) is 1.63. The molecule has 11 heavy (non-hydrogen) atoms. The Morgan fingerprint density at radius 1 is 1.45 bits per heavy atom. The molecule has 2 aliphatic rings. The highest BCUT2D eigenvalue weighted by atomic mass is 16.2. The molecule has 2 bridgehead atoms. The first-order valence-electron chi connectivity index (χ1n) is 4.58. The Morgan fingerprint density at radius 2 is 2.27 bits per heavy atom. The fraction of sp³-hybridized carbons (Fsp3) is 0.889. The molecule has 2 rings (SSSR count). The zero-order valence-corrected chi connectivity index (χ0v) is 6.97. The fourth-order valence-corrected chi connectivity index (χ4v) is 2.38. The van der Waals surface area contributed by atoms with Crippen LogP contribution in [0, 0.1) is 11.8 Å². The van der Waals surface area contributed by atoms with E-state index in [9.17, 15) is 4.79 Å². The molecule has 1 heterocycles. The van der Waals surface area contributed by atoms with Gasteiger partial charge in [0.05, 0.1) is 0 Å². The van der Waals surface area contributed by atoms with Crippen molar-refractivity contribution in [1.82, 2.24) is 5.32 Å². The third-order valence-electron chi connectivity index (χ3n) is 3.16. The van der Waals surface area contributed by atoms with E-state index >= 15 is 0 Å². The quantitative estimate of drug-likeness (QED) is 0.558. The molecule has 3 atom stereocenters. The lowest BCUT2D eigenvalue weighted by molar-refractivity contribution is -0.130. The molecule has 2 heteroatoms. The van der Waals surface area contributed by atoms with Gasteiger partial charge in [-0.3, -0.25) is 4.79 Å². The predicted molar refractivity (Wildman–Crippen MR) is 43.1 cm³/mol. The summed E-state index contributed by atoms with van der Waals surface area (Å²) in [6.45, 7) is 2.13. The Labute approximate surface area is 67.4 Å². The fourth-order valence-electron chi connectivity index (χ4n) is 2.38. The molecule has 1 saturated carbocycles. The molecule has 0 aromatic heterocycles. The molecule has 0 radical (unpaired) electrons. The minimum Gasteiger partial charge on any atom is -0.353 e. The summed E-state index contributed by atoms with van der Waals surface area (Å²) in [5, 5.41) is 3.04. The van der Waals surface area contributed by atoms with Gasteiger partial charge in [0.1, 0.15) is 0 Å². The third-order valence-corrected chi connectivity index (χ3v) is 3.16. The highest BCUT2D eigenvalue weighted by Gasteiger charge is 2.35. The molecule has 1 aliphatic heterocycles. The molecule has 0 aromatic carbocycles. The number of hydrogen-bond donors (Lipinski definition) is 1. The van der Waals surface area contributed by atoms with Crippen molar-refractivity contribution in [1.29, 1.82) is 0 Å². The predicted octanol–water partition coefficient (Wildman–Crippen LogP) is 1.31. The summed E-state index contributed by atoms with van der Waals surface area (Å²) in [6, 6.07) is 0.430. The summed E-state index contributed by atoms with van der Waals surface area (Å²) in [5.41, 5.74) is 0. The van der Waals surface area contributed by atoms with Gasteiger partial charge < -0.3 is 5.32 Å². The van der Waals surface area contributed by atoms with Crippen LogP contribution in [0.2, 0.25) is 0 Å². The van der Waals surface area contributed by atoms with Gasteiger partial charge in [-0.15, -0.1) is 0 Å². The van der Waals surface area contributed by atoms with Crippen LogP contribution in [0.3, 0.4) is 0 Å². The second-order valence-electron chi connectivity index (χ2n) is 3.92. The van der Waals surface area contributed by atoms with Crippen molar-refractivity contribution in [3.05, 3.63) is 0 Å². The van der Waals surface area contributed by atoms with E-state index < -0.39 is 0 Å². The summed E-state index contributed by atoms with van der Waals surface area (Å²) in [7, 11) is 0. The topological polar surface area (TPSA) is 29.1 Å². The van der Waals surface area contributed by atoms with E-state index in [1.165, 1.54) is 12.8 Å². The van der Waals surface area contributed by atoms with Crippen LogP contribution in [0.1, 0.15) is 32.6 Å². The second-order valence-corrected chi connectivity index (χ2v) is 3.92. The van der Waals surface area contributed by atoms with Crippen molar-refractivity contribution in [2.45, 2.75) is 38.6 Å². The maximum atomic E-state index is 11.3. The van der Waals surface area contributed by atoms with Crippen molar-refractivity contribution >= 4 is 5.91 Å². The lowest BCUT2D eigenvalue weighted by atomic mass is 9.75. The average Bonchev–Trinajstić information content (AvgIpc) is 2.02. The molecular weight excluding hydrogens is 138 g/mol. The lowest BCUT2D eigenvalue weighted by Gasteiger charge is -2.38. The van der Waals surface area contributed by atoms with Crippen molar-refractivity contribution < 1.29 is 4.79 Å². The number of amides is 1. The van der Waals surface area contributed by atoms with Crippen LogP contribution in [0.5, 0.6) is 0 Å². The Hall–Kier alpha value is -0.530. The normalized spacial score (nSPS) is 43.4. The molecule has 2 nitrogen and oxygen atoms in total. The van der Waals surface area contributed by atoms with Crippen LogP contribution in [-0.4, -0.2) is 11.9 Å². The number of rotatable bonds is 0. The molecule has 0 aromatic rings. The van der Waals surface area contributed by atoms with Crippen molar-refractivity contribution in [3.8, 4) is 0 Å². The summed E-state index contributed by atoms with van der Waals surface area (Å²) in [4.78, 5) is 11.3. The SMILES string of the molecule is CC1NC(=O)C2CCCC1C2. The van der Waals surface area contributed by atoms with E-state index in [0.29, 0.717) is 17.9 Å². The van der Waals surface area contributed by atoms with Gasteiger partial charge in [0.2, 0.25) is 5.91 Å². The molecule has 2 fully saturated rings. The van der Waals surface area contributed by atoms with Gasteiger partial charge in [-0.2, -0.15) is 0 Å². The number of hydrogen-bond acceptors (Lipinski definition) is 1. The molecular formula is C9H15NO. The van der Waals surface area contributed by atoms with Gasteiger partial charge in [0, 0.05) is 12.0 Å². The molecule has 1 aliphatic carbocycles. The van der Waals surface area contributed by atoms with Crippen molar-refractivity contribution in [3.63, 3.8) is 0 Å². The van der Waals surface area contributed by atoms with Crippen molar-refractivity contribution in [2.75, 3.05) is 0 Å².